The van der Waals surface area contributed by atoms with Gasteiger partial charge >= 0.3 is 5.97 Å². The largest absolute Gasteiger partial charge is 0.483 e. The maximum absolute atomic E-state index is 12.6. The Morgan fingerprint density at radius 2 is 1.90 bits per heavy atom. The number of amides is 1. The summed E-state index contributed by atoms with van der Waals surface area (Å²) in [5.74, 6) is -0.312. The Labute approximate surface area is 192 Å². The van der Waals surface area contributed by atoms with E-state index in [1.54, 1.807) is 25.1 Å². The van der Waals surface area contributed by atoms with Gasteiger partial charge in [-0.2, -0.15) is 0 Å². The van der Waals surface area contributed by atoms with Gasteiger partial charge in [-0.05, 0) is 65.2 Å². The molecule has 0 atom stereocenters. The van der Waals surface area contributed by atoms with Gasteiger partial charge in [-0.3, -0.25) is 4.79 Å². The van der Waals surface area contributed by atoms with E-state index in [0.717, 1.165) is 15.6 Å². The first-order valence-corrected chi connectivity index (χ1v) is 11.2. The van der Waals surface area contributed by atoms with Crippen LogP contribution in [0.15, 0.2) is 52.3 Å². The summed E-state index contributed by atoms with van der Waals surface area (Å²) in [5, 5.41) is 5.58. The summed E-state index contributed by atoms with van der Waals surface area (Å²) in [5.41, 5.74) is 2.87. The average molecular weight is 509 g/mol. The summed E-state index contributed by atoms with van der Waals surface area (Å²) < 4.78 is 11.6. The number of rotatable bonds is 7. The molecule has 1 amide bonds. The summed E-state index contributed by atoms with van der Waals surface area (Å²) in [7, 11) is 0. The molecule has 0 saturated carbocycles. The number of benzene rings is 2. The van der Waals surface area contributed by atoms with Crippen molar-refractivity contribution >= 4 is 55.7 Å². The summed E-state index contributed by atoms with van der Waals surface area (Å²) in [6.07, 6.45) is 0. The second-order valence-corrected chi connectivity index (χ2v) is 8.52. The lowest BCUT2D eigenvalue weighted by Gasteiger charge is -2.11. The lowest BCUT2D eigenvalue weighted by Crippen LogP contribution is -2.21. The normalized spacial score (nSPS) is 10.5. The maximum atomic E-state index is 12.6. The minimum Gasteiger partial charge on any atom is -0.483 e. The molecule has 156 valence electrons. The van der Waals surface area contributed by atoms with Gasteiger partial charge < -0.3 is 14.8 Å². The van der Waals surface area contributed by atoms with E-state index in [9.17, 15) is 9.59 Å². The Hall–Kier alpha value is -2.35. The molecule has 0 aliphatic heterocycles. The number of esters is 1. The quantitative estimate of drug-likeness (QED) is 0.379. The molecule has 0 saturated heterocycles. The van der Waals surface area contributed by atoms with Gasteiger partial charge in [0.05, 0.1) is 11.1 Å². The number of carbonyl (C=O) groups is 2. The molecule has 30 heavy (non-hydrogen) atoms. The SMILES string of the molecule is CCOC(=O)c1c(-c2ccc(Cl)cc2)csc1NC(=O)COc1ccc(C)cc1Br. The van der Waals surface area contributed by atoms with Crippen molar-refractivity contribution in [3.63, 3.8) is 0 Å². The number of halogens is 2. The van der Waals surface area contributed by atoms with Gasteiger partial charge in [0.15, 0.2) is 6.61 Å². The molecule has 0 spiro atoms. The fourth-order valence-electron chi connectivity index (χ4n) is 2.73. The monoisotopic (exact) mass is 507 g/mol. The van der Waals surface area contributed by atoms with Crippen molar-refractivity contribution in [3.05, 3.63) is 68.5 Å². The minimum absolute atomic E-state index is 0.196. The first-order chi connectivity index (χ1) is 14.4. The predicted octanol–water partition coefficient (Wildman–Crippen LogP) is 6.33. The zero-order chi connectivity index (χ0) is 21.7. The number of nitrogens with one attached hydrogen (secondary N) is 1. The van der Waals surface area contributed by atoms with Gasteiger partial charge in [0, 0.05) is 16.0 Å². The highest BCUT2D eigenvalue weighted by Gasteiger charge is 2.23. The predicted molar refractivity (Wildman–Crippen MR) is 124 cm³/mol. The standard InChI is InChI=1S/C22H19BrClNO4S/c1-3-28-22(27)20-16(14-5-7-15(24)8-6-14)12-30-21(20)25-19(26)11-29-18-9-4-13(2)10-17(18)23/h4-10,12H,3,11H2,1-2H3,(H,25,26). The van der Waals surface area contributed by atoms with Crippen molar-refractivity contribution in [2.45, 2.75) is 13.8 Å². The van der Waals surface area contributed by atoms with E-state index >= 15 is 0 Å². The van der Waals surface area contributed by atoms with E-state index in [2.05, 4.69) is 21.2 Å². The van der Waals surface area contributed by atoms with Crippen LogP contribution in [0.25, 0.3) is 11.1 Å². The lowest BCUT2D eigenvalue weighted by atomic mass is 10.0. The van der Waals surface area contributed by atoms with Crippen molar-refractivity contribution in [3.8, 4) is 16.9 Å². The molecule has 3 rings (SSSR count). The van der Waals surface area contributed by atoms with Crippen LogP contribution >= 0.6 is 38.9 Å². The van der Waals surface area contributed by atoms with E-state index in [1.165, 1.54) is 11.3 Å². The van der Waals surface area contributed by atoms with Crippen LogP contribution in [0.2, 0.25) is 5.02 Å². The number of aryl methyl sites for hydroxylation is 1. The minimum atomic E-state index is -0.499. The van der Waals surface area contributed by atoms with E-state index in [-0.39, 0.29) is 19.1 Å². The molecular formula is C22H19BrClNO4S. The van der Waals surface area contributed by atoms with Crippen LogP contribution in [0.5, 0.6) is 5.75 Å². The van der Waals surface area contributed by atoms with Gasteiger partial charge in [-0.1, -0.05) is 29.8 Å². The topological polar surface area (TPSA) is 64.6 Å². The molecule has 5 nitrogen and oxygen atoms in total. The summed E-state index contributed by atoms with van der Waals surface area (Å²) in [4.78, 5) is 25.1. The van der Waals surface area contributed by atoms with Gasteiger partial charge in [-0.25, -0.2) is 4.79 Å². The fraction of sp³-hybridized carbons (Fsp3) is 0.182. The van der Waals surface area contributed by atoms with Crippen LogP contribution in [0.1, 0.15) is 22.8 Å². The first-order valence-electron chi connectivity index (χ1n) is 9.12. The summed E-state index contributed by atoms with van der Waals surface area (Å²) >= 11 is 10.6. The third-order valence-corrected chi connectivity index (χ3v) is 5.89. The Morgan fingerprint density at radius 3 is 2.57 bits per heavy atom. The number of anilines is 1. The molecule has 1 N–H and O–H groups in total. The third kappa shape index (κ3) is 5.41. The highest BCUT2D eigenvalue weighted by Crippen LogP contribution is 2.36. The van der Waals surface area contributed by atoms with Crippen molar-refractivity contribution in [2.75, 3.05) is 18.5 Å². The molecule has 0 radical (unpaired) electrons. The fourth-order valence-corrected chi connectivity index (χ4v) is 4.43. The van der Waals surface area contributed by atoms with Gasteiger partial charge in [-0.15, -0.1) is 11.3 Å². The average Bonchev–Trinajstić information content (AvgIpc) is 3.11. The van der Waals surface area contributed by atoms with Crippen LogP contribution < -0.4 is 10.1 Å². The van der Waals surface area contributed by atoms with Crippen LogP contribution in [0, 0.1) is 6.92 Å². The maximum Gasteiger partial charge on any atom is 0.341 e. The first kappa shape index (κ1) is 22.3. The van der Waals surface area contributed by atoms with Crippen molar-refractivity contribution in [2.24, 2.45) is 0 Å². The molecule has 1 heterocycles. The number of ether oxygens (including phenoxy) is 2. The summed E-state index contributed by atoms with van der Waals surface area (Å²) in [6.45, 7) is 3.73. The molecule has 1 aromatic heterocycles. The molecule has 0 aliphatic rings. The van der Waals surface area contributed by atoms with Crippen LogP contribution in [-0.2, 0) is 9.53 Å². The lowest BCUT2D eigenvalue weighted by molar-refractivity contribution is -0.118. The number of hydrogen-bond acceptors (Lipinski definition) is 5. The smallest absolute Gasteiger partial charge is 0.341 e. The second-order valence-electron chi connectivity index (χ2n) is 6.35. The Morgan fingerprint density at radius 1 is 1.17 bits per heavy atom. The van der Waals surface area contributed by atoms with E-state index < -0.39 is 5.97 Å². The van der Waals surface area contributed by atoms with E-state index in [0.29, 0.717) is 26.9 Å². The number of thiophene rings is 1. The molecule has 0 aliphatic carbocycles. The van der Waals surface area contributed by atoms with E-state index in [1.807, 2.05) is 36.6 Å². The van der Waals surface area contributed by atoms with Crippen LogP contribution in [0.3, 0.4) is 0 Å². The van der Waals surface area contributed by atoms with Crippen LogP contribution in [-0.4, -0.2) is 25.1 Å². The van der Waals surface area contributed by atoms with Gasteiger partial charge in [0.1, 0.15) is 16.3 Å². The molecule has 0 bridgehead atoms. The second kappa shape index (κ2) is 10.1. The Balaban J connectivity index is 1.79. The molecule has 0 unspecified atom stereocenters. The van der Waals surface area contributed by atoms with Crippen molar-refractivity contribution in [1.29, 1.82) is 0 Å². The van der Waals surface area contributed by atoms with Crippen molar-refractivity contribution in [1.82, 2.24) is 0 Å². The van der Waals surface area contributed by atoms with Gasteiger partial charge in [0.2, 0.25) is 0 Å². The molecule has 8 heteroatoms. The van der Waals surface area contributed by atoms with E-state index in [4.69, 9.17) is 21.1 Å². The molecule has 0 fully saturated rings. The zero-order valence-corrected chi connectivity index (χ0v) is 19.5. The van der Waals surface area contributed by atoms with Crippen LogP contribution in [0.4, 0.5) is 5.00 Å². The Bertz CT molecular complexity index is 1070. The number of hydrogen-bond donors (Lipinski definition) is 1. The Kier molecular flexibility index (Phi) is 7.53. The zero-order valence-electron chi connectivity index (χ0n) is 16.3. The summed E-state index contributed by atoms with van der Waals surface area (Å²) in [6, 6.07) is 12.7. The third-order valence-electron chi connectivity index (χ3n) is 4.12. The van der Waals surface area contributed by atoms with Gasteiger partial charge in [0.25, 0.3) is 5.91 Å². The number of carbonyl (C=O) groups excluding carboxylic acids is 2. The molecule has 3 aromatic rings. The highest BCUT2D eigenvalue weighted by molar-refractivity contribution is 9.10. The molecular weight excluding hydrogens is 490 g/mol. The highest BCUT2D eigenvalue weighted by atomic mass is 79.9. The van der Waals surface area contributed by atoms with Crippen molar-refractivity contribution < 1.29 is 19.1 Å². The molecule has 2 aromatic carbocycles.